The zero-order chi connectivity index (χ0) is 24.7. The molecule has 184 valence electrons. The number of nitrogens with zero attached hydrogens (tertiary/aromatic N) is 1. The second-order valence-corrected chi connectivity index (χ2v) is 11.2. The Morgan fingerprint density at radius 1 is 1.00 bits per heavy atom. The highest BCUT2D eigenvalue weighted by Gasteiger charge is 2.28. The van der Waals surface area contributed by atoms with E-state index in [4.69, 9.17) is 46.4 Å². The van der Waals surface area contributed by atoms with Gasteiger partial charge in [0.25, 0.3) is 0 Å². The normalized spacial score (nSPS) is 15.1. The summed E-state index contributed by atoms with van der Waals surface area (Å²) in [4.78, 5) is 27.9. The van der Waals surface area contributed by atoms with Gasteiger partial charge in [0.05, 0.1) is 15.8 Å². The highest BCUT2D eigenvalue weighted by molar-refractivity contribution is 7.99. The predicted molar refractivity (Wildman–Crippen MR) is 144 cm³/mol. The number of thioether (sulfide) groups is 1. The van der Waals surface area contributed by atoms with Crippen LogP contribution in [0.25, 0.3) is 0 Å². The minimum absolute atomic E-state index is 0.137. The average molecular weight is 562 g/mol. The van der Waals surface area contributed by atoms with E-state index in [-0.39, 0.29) is 30.2 Å². The minimum Gasteiger partial charge on any atom is -0.352 e. The lowest BCUT2D eigenvalue weighted by atomic mass is 9.95. The van der Waals surface area contributed by atoms with Gasteiger partial charge in [-0.25, -0.2) is 0 Å². The second-order valence-electron chi connectivity index (χ2n) is 8.52. The fourth-order valence-electron chi connectivity index (χ4n) is 3.95. The van der Waals surface area contributed by atoms with E-state index in [0.717, 1.165) is 36.8 Å². The van der Waals surface area contributed by atoms with Crippen molar-refractivity contribution >= 4 is 70.0 Å². The zero-order valence-electron chi connectivity index (χ0n) is 19.0. The van der Waals surface area contributed by atoms with E-state index in [0.29, 0.717) is 25.8 Å². The Hall–Kier alpha value is -1.11. The summed E-state index contributed by atoms with van der Waals surface area (Å²) in [5.74, 6) is 0.537. The smallest absolute Gasteiger partial charge is 0.242 e. The fourth-order valence-corrected chi connectivity index (χ4v) is 5.60. The number of carbonyl (C=O) groups is 2. The summed E-state index contributed by atoms with van der Waals surface area (Å²) in [7, 11) is 0. The van der Waals surface area contributed by atoms with Crippen LogP contribution in [-0.2, 0) is 21.9 Å². The van der Waals surface area contributed by atoms with Crippen molar-refractivity contribution in [3.63, 3.8) is 0 Å². The first-order chi connectivity index (χ1) is 16.2. The third-order valence-corrected chi connectivity index (χ3v) is 8.27. The molecule has 1 aliphatic carbocycles. The largest absolute Gasteiger partial charge is 0.352 e. The van der Waals surface area contributed by atoms with Crippen LogP contribution in [0.3, 0.4) is 0 Å². The maximum absolute atomic E-state index is 13.3. The molecule has 9 heteroatoms. The number of carbonyl (C=O) groups excluding carboxylic acids is 2. The van der Waals surface area contributed by atoms with Crippen molar-refractivity contribution in [2.75, 3.05) is 5.75 Å². The van der Waals surface area contributed by atoms with Gasteiger partial charge in [0, 0.05) is 28.4 Å². The molecule has 0 spiro atoms. The molecule has 1 saturated carbocycles. The van der Waals surface area contributed by atoms with Crippen LogP contribution < -0.4 is 5.32 Å². The molecule has 1 atom stereocenters. The van der Waals surface area contributed by atoms with Crippen LogP contribution >= 0.6 is 58.2 Å². The molecule has 0 aromatic heterocycles. The number of benzene rings is 2. The van der Waals surface area contributed by atoms with Crippen LogP contribution in [-0.4, -0.2) is 34.6 Å². The van der Waals surface area contributed by atoms with Gasteiger partial charge in [0.15, 0.2) is 0 Å². The summed E-state index contributed by atoms with van der Waals surface area (Å²) in [5, 5.41) is 5.10. The molecule has 2 aromatic rings. The number of halogens is 4. The molecule has 2 amide bonds. The third kappa shape index (κ3) is 7.96. The molecular formula is C25H28Cl4N2O2S. The summed E-state index contributed by atoms with van der Waals surface area (Å²) in [6, 6.07) is 10.1. The van der Waals surface area contributed by atoms with E-state index in [2.05, 4.69) is 5.32 Å². The summed E-state index contributed by atoms with van der Waals surface area (Å²) >= 11 is 26.0. The molecule has 0 aliphatic heterocycles. The van der Waals surface area contributed by atoms with Crippen LogP contribution in [0.5, 0.6) is 0 Å². The molecule has 0 bridgehead atoms. The van der Waals surface area contributed by atoms with E-state index in [1.54, 1.807) is 42.2 Å². The number of hydrogen-bond donors (Lipinski definition) is 1. The highest BCUT2D eigenvalue weighted by Crippen LogP contribution is 2.26. The van der Waals surface area contributed by atoms with Crippen LogP contribution in [0.4, 0.5) is 0 Å². The molecule has 3 rings (SSSR count). The lowest BCUT2D eigenvalue weighted by Gasteiger charge is -2.31. The second kappa shape index (κ2) is 13.3. The first-order valence-corrected chi connectivity index (χ1v) is 14.0. The molecule has 0 saturated heterocycles. The number of amides is 2. The Morgan fingerprint density at radius 3 is 2.41 bits per heavy atom. The molecule has 2 aromatic carbocycles. The molecule has 1 aliphatic rings. The topological polar surface area (TPSA) is 49.4 Å². The fraction of sp³-hybridized carbons (Fsp3) is 0.440. The summed E-state index contributed by atoms with van der Waals surface area (Å²) in [6.07, 6.45) is 5.41. The van der Waals surface area contributed by atoms with Crippen molar-refractivity contribution in [2.45, 2.75) is 63.4 Å². The third-order valence-electron chi connectivity index (χ3n) is 5.95. The van der Waals surface area contributed by atoms with Gasteiger partial charge >= 0.3 is 0 Å². The van der Waals surface area contributed by atoms with Gasteiger partial charge in [-0.3, -0.25) is 9.59 Å². The van der Waals surface area contributed by atoms with Crippen LogP contribution in [0, 0.1) is 0 Å². The zero-order valence-corrected chi connectivity index (χ0v) is 22.8. The Morgan fingerprint density at radius 2 is 1.74 bits per heavy atom. The SMILES string of the molecule is C[C@@H](C(=O)NC1CCCCC1)N(Cc1ccc(Cl)cc1Cl)C(=O)CSCc1ccc(Cl)c(Cl)c1. The summed E-state index contributed by atoms with van der Waals surface area (Å²) < 4.78 is 0. The molecule has 4 nitrogen and oxygen atoms in total. The maximum atomic E-state index is 13.3. The van der Waals surface area contributed by atoms with E-state index in [1.165, 1.54) is 18.2 Å². The van der Waals surface area contributed by atoms with E-state index in [9.17, 15) is 9.59 Å². The molecule has 0 radical (unpaired) electrons. The highest BCUT2D eigenvalue weighted by atomic mass is 35.5. The number of nitrogens with one attached hydrogen (secondary N) is 1. The minimum atomic E-state index is -0.633. The Balaban J connectivity index is 1.69. The van der Waals surface area contributed by atoms with Gasteiger partial charge in [-0.05, 0) is 55.2 Å². The molecule has 0 unspecified atom stereocenters. The van der Waals surface area contributed by atoms with Crippen molar-refractivity contribution in [1.29, 1.82) is 0 Å². The first kappa shape index (κ1) is 27.5. The quantitative estimate of drug-likeness (QED) is 0.347. The molecular weight excluding hydrogens is 534 g/mol. The van der Waals surface area contributed by atoms with Gasteiger partial charge in [0.2, 0.25) is 11.8 Å². The molecule has 1 fully saturated rings. The van der Waals surface area contributed by atoms with E-state index in [1.807, 2.05) is 6.07 Å². The Labute approximate surface area is 225 Å². The van der Waals surface area contributed by atoms with Crippen molar-refractivity contribution in [2.24, 2.45) is 0 Å². The monoisotopic (exact) mass is 560 g/mol. The maximum Gasteiger partial charge on any atom is 0.242 e. The lowest BCUT2D eigenvalue weighted by molar-refractivity contribution is -0.139. The van der Waals surface area contributed by atoms with Gasteiger partial charge in [-0.15, -0.1) is 11.8 Å². The van der Waals surface area contributed by atoms with Crippen molar-refractivity contribution in [3.8, 4) is 0 Å². The van der Waals surface area contributed by atoms with Crippen LogP contribution in [0.15, 0.2) is 36.4 Å². The van der Waals surface area contributed by atoms with E-state index < -0.39 is 6.04 Å². The van der Waals surface area contributed by atoms with Crippen LogP contribution in [0.2, 0.25) is 20.1 Å². The Bertz CT molecular complexity index is 1010. The van der Waals surface area contributed by atoms with Crippen molar-refractivity contribution < 1.29 is 9.59 Å². The summed E-state index contributed by atoms with van der Waals surface area (Å²) in [6.45, 7) is 1.99. The number of rotatable bonds is 9. The van der Waals surface area contributed by atoms with Gasteiger partial charge in [-0.1, -0.05) is 77.8 Å². The van der Waals surface area contributed by atoms with Gasteiger partial charge < -0.3 is 10.2 Å². The van der Waals surface area contributed by atoms with Crippen molar-refractivity contribution in [3.05, 3.63) is 67.6 Å². The van der Waals surface area contributed by atoms with Gasteiger partial charge in [-0.2, -0.15) is 0 Å². The van der Waals surface area contributed by atoms with Gasteiger partial charge in [0.1, 0.15) is 6.04 Å². The molecule has 34 heavy (non-hydrogen) atoms. The average Bonchev–Trinajstić information content (AvgIpc) is 2.81. The number of hydrogen-bond acceptors (Lipinski definition) is 3. The standard InChI is InChI=1S/C25H28Cl4N2O2S/c1-16(25(33)30-20-5-3-2-4-6-20)31(13-18-8-9-19(26)12-22(18)28)24(32)15-34-14-17-7-10-21(27)23(29)11-17/h7-12,16,20H,2-6,13-15H2,1H3,(H,30,33)/t16-/m0/s1. The lowest BCUT2D eigenvalue weighted by Crippen LogP contribution is -2.50. The molecule has 1 N–H and O–H groups in total. The summed E-state index contributed by atoms with van der Waals surface area (Å²) in [5.41, 5.74) is 1.72. The Kier molecular flexibility index (Phi) is 10.7. The van der Waals surface area contributed by atoms with Crippen LogP contribution in [0.1, 0.15) is 50.2 Å². The molecule has 0 heterocycles. The van der Waals surface area contributed by atoms with Crippen molar-refractivity contribution in [1.82, 2.24) is 10.2 Å². The first-order valence-electron chi connectivity index (χ1n) is 11.3. The van der Waals surface area contributed by atoms with E-state index >= 15 is 0 Å². The predicted octanol–water partition coefficient (Wildman–Crippen LogP) is 7.40.